The molecule has 3 N–H and O–H groups in total. The Morgan fingerprint density at radius 3 is 2.49 bits per heavy atom. The van der Waals surface area contributed by atoms with Crippen LogP contribution >= 0.6 is 0 Å². The Labute approximate surface area is 239 Å². The maximum absolute atomic E-state index is 12.4. The summed E-state index contributed by atoms with van der Waals surface area (Å²) in [6, 6.07) is 15.9. The first kappa shape index (κ1) is 27.7. The predicted octanol–water partition coefficient (Wildman–Crippen LogP) is 4.64. The normalized spacial score (nSPS) is 14.7. The average Bonchev–Trinajstić information content (AvgIpc) is 3.63. The second-order valence-corrected chi connectivity index (χ2v) is 10.1. The van der Waals surface area contributed by atoms with E-state index in [1.807, 2.05) is 61.8 Å². The number of amides is 1. The highest BCUT2D eigenvalue weighted by Crippen LogP contribution is 2.40. The average molecular weight is 554 g/mol. The Kier molecular flexibility index (Phi) is 8.16. The van der Waals surface area contributed by atoms with Crippen LogP contribution in [0.15, 0.2) is 73.7 Å². The minimum atomic E-state index is -0.286. The number of methoxy groups -OCH3 is 1. The molecule has 41 heavy (non-hydrogen) atoms. The van der Waals surface area contributed by atoms with Gasteiger partial charge in [0.15, 0.2) is 0 Å². The van der Waals surface area contributed by atoms with Crippen LogP contribution in [0.25, 0.3) is 11.3 Å². The van der Waals surface area contributed by atoms with Gasteiger partial charge < -0.3 is 30.5 Å². The van der Waals surface area contributed by atoms with Crippen molar-refractivity contribution < 1.29 is 9.53 Å². The number of aryl methyl sites for hydroxylation is 1. The van der Waals surface area contributed by atoms with E-state index in [9.17, 15) is 4.79 Å². The quantitative estimate of drug-likeness (QED) is 0.242. The molecule has 0 radical (unpaired) electrons. The lowest BCUT2D eigenvalue weighted by Gasteiger charge is -2.25. The van der Waals surface area contributed by atoms with Crippen molar-refractivity contribution in [1.29, 1.82) is 0 Å². The van der Waals surface area contributed by atoms with Gasteiger partial charge in [0, 0.05) is 55.8 Å². The number of carbonyl (C=O) groups excluding carboxylic acids is 1. The van der Waals surface area contributed by atoms with Crippen molar-refractivity contribution in [1.82, 2.24) is 24.6 Å². The standard InChI is InChI=1S/C30H35N9O2/c1-6-30(40)35-24-15-25(27(41-5)16-26(24)39-14-11-20(18-39)37(2)3)34-29-17-28(31-19-32-29)33-22-10-8-7-9-21(22)23-12-13-38(4)36-23/h6-10,12-13,15-17,19-20H,1,11,14,18H2,2-5H3,(H,35,40)(H2,31,32,33,34)/t20-/m1/s1. The van der Waals surface area contributed by atoms with E-state index in [0.717, 1.165) is 42.1 Å². The minimum absolute atomic E-state index is 0.286. The molecular formula is C30H35N9O2. The maximum Gasteiger partial charge on any atom is 0.247 e. The number of benzene rings is 2. The van der Waals surface area contributed by atoms with E-state index < -0.39 is 0 Å². The molecule has 4 aromatic rings. The van der Waals surface area contributed by atoms with Crippen molar-refractivity contribution in [2.24, 2.45) is 7.05 Å². The number of ether oxygens (including phenoxy) is 1. The summed E-state index contributed by atoms with van der Waals surface area (Å²) >= 11 is 0. The van der Waals surface area contributed by atoms with Crippen LogP contribution in [-0.2, 0) is 11.8 Å². The van der Waals surface area contributed by atoms with Gasteiger partial charge in [0.05, 0.1) is 29.9 Å². The lowest BCUT2D eigenvalue weighted by atomic mass is 10.1. The molecule has 1 fully saturated rings. The van der Waals surface area contributed by atoms with Crippen LogP contribution in [0.4, 0.5) is 34.4 Å². The fourth-order valence-electron chi connectivity index (χ4n) is 4.91. The summed E-state index contributed by atoms with van der Waals surface area (Å²) in [6.07, 6.45) is 5.69. The van der Waals surface area contributed by atoms with Gasteiger partial charge in [-0.2, -0.15) is 5.10 Å². The van der Waals surface area contributed by atoms with E-state index in [4.69, 9.17) is 4.74 Å². The van der Waals surface area contributed by atoms with Crippen LogP contribution in [0, 0.1) is 0 Å². The number of likely N-dealkylation sites (N-methyl/N-ethyl adjacent to an activating group) is 1. The maximum atomic E-state index is 12.4. The van der Waals surface area contributed by atoms with Crippen molar-refractivity contribution >= 4 is 40.3 Å². The van der Waals surface area contributed by atoms with Crippen molar-refractivity contribution in [3.05, 3.63) is 73.7 Å². The predicted molar refractivity (Wildman–Crippen MR) is 163 cm³/mol. The SMILES string of the molecule is C=CC(=O)Nc1cc(Nc2cc(Nc3ccccc3-c3ccn(C)n3)ncn2)c(OC)cc1N1CC[C@@H](N(C)C)C1. The van der Waals surface area contributed by atoms with Crippen LogP contribution < -0.4 is 25.6 Å². The van der Waals surface area contributed by atoms with E-state index in [-0.39, 0.29) is 5.91 Å². The molecule has 11 nitrogen and oxygen atoms in total. The zero-order valence-electron chi connectivity index (χ0n) is 23.8. The van der Waals surface area contributed by atoms with E-state index in [2.05, 4.69) is 61.5 Å². The fraction of sp³-hybridized carbons (Fsp3) is 0.267. The Bertz CT molecular complexity index is 1550. The minimum Gasteiger partial charge on any atom is -0.494 e. The number of nitrogens with zero attached hydrogens (tertiary/aromatic N) is 6. The van der Waals surface area contributed by atoms with Crippen LogP contribution in [0.1, 0.15) is 6.42 Å². The summed E-state index contributed by atoms with van der Waals surface area (Å²) in [5.41, 5.74) is 4.89. The third kappa shape index (κ3) is 6.30. The second-order valence-electron chi connectivity index (χ2n) is 10.1. The molecule has 212 valence electrons. The molecule has 0 bridgehead atoms. The van der Waals surface area contributed by atoms with Gasteiger partial charge in [-0.1, -0.05) is 24.8 Å². The largest absolute Gasteiger partial charge is 0.494 e. The number of carbonyl (C=O) groups is 1. The van der Waals surface area contributed by atoms with Crippen LogP contribution in [0.3, 0.4) is 0 Å². The lowest BCUT2D eigenvalue weighted by Crippen LogP contribution is -2.31. The summed E-state index contributed by atoms with van der Waals surface area (Å²) in [7, 11) is 7.69. The number of nitrogens with one attached hydrogen (secondary N) is 3. The van der Waals surface area contributed by atoms with Crippen LogP contribution in [0.5, 0.6) is 5.75 Å². The number of hydrogen-bond acceptors (Lipinski definition) is 9. The monoisotopic (exact) mass is 553 g/mol. The van der Waals surface area contributed by atoms with Crippen molar-refractivity contribution in [3.8, 4) is 17.0 Å². The molecule has 1 aliphatic rings. The van der Waals surface area contributed by atoms with Gasteiger partial charge in [0.25, 0.3) is 0 Å². The molecular weight excluding hydrogens is 518 g/mol. The van der Waals surface area contributed by atoms with E-state index in [1.54, 1.807) is 11.8 Å². The van der Waals surface area contributed by atoms with Crippen molar-refractivity contribution in [3.63, 3.8) is 0 Å². The molecule has 0 saturated carbocycles. The van der Waals surface area contributed by atoms with Gasteiger partial charge >= 0.3 is 0 Å². The Morgan fingerprint density at radius 2 is 1.83 bits per heavy atom. The van der Waals surface area contributed by atoms with Gasteiger partial charge in [0.1, 0.15) is 23.7 Å². The van der Waals surface area contributed by atoms with Crippen LogP contribution in [-0.4, -0.2) is 70.9 Å². The molecule has 3 heterocycles. The van der Waals surface area contributed by atoms with E-state index in [0.29, 0.717) is 34.8 Å². The number of aromatic nitrogens is 4. The summed E-state index contributed by atoms with van der Waals surface area (Å²) in [5.74, 6) is 1.50. The highest BCUT2D eigenvalue weighted by atomic mass is 16.5. The fourth-order valence-corrected chi connectivity index (χ4v) is 4.91. The first-order valence-electron chi connectivity index (χ1n) is 13.4. The van der Waals surface area contributed by atoms with Crippen molar-refractivity contribution in [2.45, 2.75) is 12.5 Å². The molecule has 11 heteroatoms. The smallest absolute Gasteiger partial charge is 0.247 e. The van der Waals surface area contributed by atoms with Gasteiger partial charge in [-0.25, -0.2) is 9.97 Å². The van der Waals surface area contributed by atoms with Gasteiger partial charge in [0.2, 0.25) is 5.91 Å². The molecule has 0 aliphatic carbocycles. The molecule has 1 atom stereocenters. The highest BCUT2D eigenvalue weighted by Gasteiger charge is 2.27. The first-order valence-corrected chi connectivity index (χ1v) is 13.4. The summed E-state index contributed by atoms with van der Waals surface area (Å²) < 4.78 is 7.54. The topological polar surface area (TPSA) is 112 Å². The van der Waals surface area contributed by atoms with Gasteiger partial charge in [-0.05, 0) is 44.8 Å². The molecule has 0 unspecified atom stereocenters. The number of hydrogen-bond donors (Lipinski definition) is 3. The molecule has 1 aliphatic heterocycles. The third-order valence-corrected chi connectivity index (χ3v) is 7.10. The van der Waals surface area contributed by atoms with Gasteiger partial charge in [-0.3, -0.25) is 9.48 Å². The zero-order valence-corrected chi connectivity index (χ0v) is 23.8. The summed E-state index contributed by atoms with van der Waals surface area (Å²) in [5, 5.41) is 14.2. The molecule has 1 amide bonds. The lowest BCUT2D eigenvalue weighted by molar-refractivity contribution is -0.111. The van der Waals surface area contributed by atoms with E-state index in [1.165, 1.54) is 12.4 Å². The summed E-state index contributed by atoms with van der Waals surface area (Å²) in [4.78, 5) is 25.7. The highest BCUT2D eigenvalue weighted by molar-refractivity contribution is 6.02. The zero-order chi connectivity index (χ0) is 28.9. The van der Waals surface area contributed by atoms with Gasteiger partial charge in [-0.15, -0.1) is 0 Å². The second kappa shape index (κ2) is 12.1. The number of anilines is 6. The van der Waals surface area contributed by atoms with Crippen LogP contribution in [0.2, 0.25) is 0 Å². The Balaban J connectivity index is 1.43. The molecule has 2 aromatic heterocycles. The third-order valence-electron chi connectivity index (χ3n) is 7.10. The molecule has 1 saturated heterocycles. The number of rotatable bonds is 10. The first-order chi connectivity index (χ1) is 19.8. The van der Waals surface area contributed by atoms with Crippen molar-refractivity contribution in [2.75, 3.05) is 55.1 Å². The Morgan fingerprint density at radius 1 is 1.07 bits per heavy atom. The van der Waals surface area contributed by atoms with E-state index >= 15 is 0 Å². The molecule has 5 rings (SSSR count). The molecule has 0 spiro atoms. The molecule has 2 aromatic carbocycles. The number of para-hydroxylation sites is 1. The summed E-state index contributed by atoms with van der Waals surface area (Å²) in [6.45, 7) is 5.33. The Hall–Kier alpha value is -4.90.